The second kappa shape index (κ2) is 14.0. The Kier molecular flexibility index (Phi) is 11.4. The van der Waals surface area contributed by atoms with E-state index in [9.17, 15) is 14.4 Å². The summed E-state index contributed by atoms with van der Waals surface area (Å²) in [6, 6.07) is 16.4. The Hall–Kier alpha value is -2.59. The lowest BCUT2D eigenvalue weighted by atomic mass is 10.0. The first-order valence-electron chi connectivity index (χ1n) is 10.9. The van der Waals surface area contributed by atoms with Crippen LogP contribution in [0.3, 0.4) is 0 Å². The lowest BCUT2D eigenvalue weighted by molar-refractivity contribution is -0.135. The van der Waals surface area contributed by atoms with Crippen LogP contribution in [0.5, 0.6) is 0 Å². The van der Waals surface area contributed by atoms with E-state index in [1.54, 1.807) is 16.7 Å². The molecule has 2 unspecified atom stereocenters. The molecule has 3 rings (SSSR count). The first-order valence-corrected chi connectivity index (χ1v) is 11.9. The fraction of sp³-hybridized carbons (Fsp3) is 0.375. The van der Waals surface area contributed by atoms with E-state index >= 15 is 0 Å². The average molecular weight is 507 g/mol. The van der Waals surface area contributed by atoms with Gasteiger partial charge in [-0.1, -0.05) is 42.5 Å². The van der Waals surface area contributed by atoms with Crippen molar-refractivity contribution in [3.63, 3.8) is 0 Å². The summed E-state index contributed by atoms with van der Waals surface area (Å²) in [6.07, 6.45) is -0.530. The van der Waals surface area contributed by atoms with Crippen LogP contribution in [0.15, 0.2) is 59.5 Å². The maximum Gasteiger partial charge on any atom is 0.249 e. The number of hydrogen-bond acceptors (Lipinski definition) is 6. The topological polar surface area (TPSA) is 128 Å². The molecule has 2 aromatic carbocycles. The molecule has 0 saturated carbocycles. The zero-order valence-corrected chi connectivity index (χ0v) is 20.5. The van der Waals surface area contributed by atoms with Gasteiger partial charge in [0.25, 0.3) is 0 Å². The summed E-state index contributed by atoms with van der Waals surface area (Å²) in [6.45, 7) is 0.801. The first kappa shape index (κ1) is 27.7. The Bertz CT molecular complexity index is 963. The van der Waals surface area contributed by atoms with Crippen molar-refractivity contribution in [3.05, 3.63) is 60.2 Å². The number of halogens is 1. The van der Waals surface area contributed by atoms with Crippen molar-refractivity contribution in [2.75, 3.05) is 23.7 Å². The monoisotopic (exact) mass is 506 g/mol. The number of thioether (sulfide) groups is 1. The minimum atomic E-state index is -0.892. The summed E-state index contributed by atoms with van der Waals surface area (Å²) in [5.74, 6) is -0.356. The number of nitrogens with one attached hydrogen (secondary N) is 1. The molecule has 34 heavy (non-hydrogen) atoms. The summed E-state index contributed by atoms with van der Waals surface area (Å²) in [5, 5.41) is 2.76. The Morgan fingerprint density at radius 1 is 1.12 bits per heavy atom. The van der Waals surface area contributed by atoms with Crippen molar-refractivity contribution >= 4 is 47.6 Å². The second-order valence-corrected chi connectivity index (χ2v) is 8.89. The smallest absolute Gasteiger partial charge is 0.249 e. The van der Waals surface area contributed by atoms with E-state index in [-0.39, 0.29) is 50.2 Å². The van der Waals surface area contributed by atoms with Gasteiger partial charge in [-0.25, -0.2) is 0 Å². The number of nitrogens with two attached hydrogens (primary N) is 2. The number of primary amides is 1. The molecular formula is C24H31ClN4O4S. The molecule has 1 aliphatic rings. The number of nitrogens with zero attached hydrogens (tertiary/aromatic N) is 1. The third-order valence-electron chi connectivity index (χ3n) is 5.29. The zero-order chi connectivity index (χ0) is 23.6. The first-order chi connectivity index (χ1) is 16.0. The minimum absolute atomic E-state index is 0. The van der Waals surface area contributed by atoms with Crippen LogP contribution in [0.25, 0.3) is 0 Å². The number of para-hydroxylation sites is 1. The SMILES string of the molecule is Cl.NCCNC(=O)C(CC(CC(N)=O)N1C(=O)CCSc2ccccc21)OCc1ccccc1. The van der Waals surface area contributed by atoms with Gasteiger partial charge < -0.3 is 26.4 Å². The lowest BCUT2D eigenvalue weighted by Gasteiger charge is -2.33. The molecule has 0 saturated heterocycles. The molecule has 2 aromatic rings. The number of rotatable bonds is 11. The van der Waals surface area contributed by atoms with Gasteiger partial charge in [-0.15, -0.1) is 24.2 Å². The van der Waals surface area contributed by atoms with Crippen molar-refractivity contribution in [2.45, 2.75) is 42.9 Å². The summed E-state index contributed by atoms with van der Waals surface area (Å²) in [7, 11) is 0. The van der Waals surface area contributed by atoms with E-state index in [0.717, 1.165) is 16.1 Å². The fourth-order valence-corrected chi connectivity index (χ4v) is 4.76. The van der Waals surface area contributed by atoms with Crippen LogP contribution in [0.4, 0.5) is 5.69 Å². The van der Waals surface area contributed by atoms with E-state index in [2.05, 4.69) is 5.32 Å². The predicted molar refractivity (Wildman–Crippen MR) is 136 cm³/mol. The molecule has 0 spiro atoms. The van der Waals surface area contributed by atoms with Crippen LogP contribution in [-0.2, 0) is 25.7 Å². The number of hydrogen-bond donors (Lipinski definition) is 3. The Morgan fingerprint density at radius 3 is 2.53 bits per heavy atom. The van der Waals surface area contributed by atoms with Crippen LogP contribution in [0, 0.1) is 0 Å². The molecule has 3 amide bonds. The highest BCUT2D eigenvalue weighted by atomic mass is 35.5. The van der Waals surface area contributed by atoms with Crippen LogP contribution >= 0.6 is 24.2 Å². The number of amides is 3. The van der Waals surface area contributed by atoms with Gasteiger partial charge in [0.1, 0.15) is 6.10 Å². The predicted octanol–water partition coefficient (Wildman–Crippen LogP) is 2.23. The van der Waals surface area contributed by atoms with Crippen LogP contribution in [-0.4, -0.2) is 48.7 Å². The van der Waals surface area contributed by atoms with Crippen molar-refractivity contribution in [1.29, 1.82) is 0 Å². The molecule has 0 radical (unpaired) electrons. The molecule has 2 atom stereocenters. The quantitative estimate of drug-likeness (QED) is 0.429. The average Bonchev–Trinajstić information content (AvgIpc) is 2.98. The molecule has 1 aliphatic heterocycles. The van der Waals surface area contributed by atoms with Gasteiger partial charge in [-0.3, -0.25) is 14.4 Å². The Morgan fingerprint density at radius 2 is 1.82 bits per heavy atom. The molecular weight excluding hydrogens is 476 g/mol. The van der Waals surface area contributed by atoms with Gasteiger partial charge in [0.05, 0.1) is 12.3 Å². The van der Waals surface area contributed by atoms with E-state index in [1.165, 1.54) is 0 Å². The van der Waals surface area contributed by atoms with Gasteiger partial charge in [-0.05, 0) is 17.7 Å². The molecule has 0 aromatic heterocycles. The number of fused-ring (bicyclic) bond motifs is 1. The normalized spacial score (nSPS) is 14.9. The summed E-state index contributed by atoms with van der Waals surface area (Å²) >= 11 is 1.59. The highest BCUT2D eigenvalue weighted by Gasteiger charge is 2.34. The number of ether oxygens (including phenoxy) is 1. The molecule has 5 N–H and O–H groups in total. The van der Waals surface area contributed by atoms with E-state index in [0.29, 0.717) is 18.7 Å². The number of carbonyl (C=O) groups excluding carboxylic acids is 3. The summed E-state index contributed by atoms with van der Waals surface area (Å²) < 4.78 is 6.00. The standard InChI is InChI=1S/C24H30N4O4S.ClH/c25-11-12-27-24(31)20(32-16-17-6-2-1-3-7-17)14-18(15-22(26)29)28-19-8-4-5-9-21(19)33-13-10-23(28)30;/h1-9,18,20H,10-16,25H2,(H2,26,29)(H,27,31);1H. The van der Waals surface area contributed by atoms with E-state index in [1.807, 2.05) is 54.6 Å². The van der Waals surface area contributed by atoms with Gasteiger partial charge >= 0.3 is 0 Å². The van der Waals surface area contributed by atoms with E-state index in [4.69, 9.17) is 16.2 Å². The maximum atomic E-state index is 13.1. The van der Waals surface area contributed by atoms with Crippen molar-refractivity contribution in [1.82, 2.24) is 5.32 Å². The molecule has 0 aliphatic carbocycles. The Balaban J connectivity index is 0.00000408. The third kappa shape index (κ3) is 7.73. The van der Waals surface area contributed by atoms with Gasteiger partial charge in [-0.2, -0.15) is 0 Å². The minimum Gasteiger partial charge on any atom is -0.370 e. The zero-order valence-electron chi connectivity index (χ0n) is 18.9. The van der Waals surface area contributed by atoms with Crippen molar-refractivity contribution < 1.29 is 19.1 Å². The van der Waals surface area contributed by atoms with Gasteiger partial charge in [0, 0.05) is 49.0 Å². The number of benzene rings is 2. The number of anilines is 1. The molecule has 184 valence electrons. The molecule has 1 heterocycles. The van der Waals surface area contributed by atoms with Crippen LogP contribution in [0.1, 0.15) is 24.8 Å². The highest BCUT2D eigenvalue weighted by Crippen LogP contribution is 2.36. The largest absolute Gasteiger partial charge is 0.370 e. The third-order valence-corrected chi connectivity index (χ3v) is 6.35. The van der Waals surface area contributed by atoms with E-state index < -0.39 is 18.1 Å². The maximum absolute atomic E-state index is 13.1. The highest BCUT2D eigenvalue weighted by molar-refractivity contribution is 7.99. The molecule has 8 nitrogen and oxygen atoms in total. The molecule has 0 bridgehead atoms. The van der Waals surface area contributed by atoms with Crippen molar-refractivity contribution in [3.8, 4) is 0 Å². The van der Waals surface area contributed by atoms with Gasteiger partial charge in [0.15, 0.2) is 0 Å². The van der Waals surface area contributed by atoms with Crippen LogP contribution in [0.2, 0.25) is 0 Å². The lowest BCUT2D eigenvalue weighted by Crippen LogP contribution is -2.48. The molecule has 10 heteroatoms. The second-order valence-electron chi connectivity index (χ2n) is 7.75. The summed E-state index contributed by atoms with van der Waals surface area (Å²) in [5.41, 5.74) is 12.7. The summed E-state index contributed by atoms with van der Waals surface area (Å²) in [4.78, 5) is 40.6. The Labute approximate surface area is 210 Å². The van der Waals surface area contributed by atoms with Crippen LogP contribution < -0.4 is 21.7 Å². The van der Waals surface area contributed by atoms with Gasteiger partial charge in [0.2, 0.25) is 17.7 Å². The van der Waals surface area contributed by atoms with Crippen molar-refractivity contribution in [2.24, 2.45) is 11.5 Å². The fourth-order valence-electron chi connectivity index (χ4n) is 3.77. The molecule has 0 fully saturated rings. The number of carbonyl (C=O) groups is 3.